The molecule has 0 aliphatic carbocycles. The maximum atomic E-state index is 12.9. The Kier molecular flexibility index (Phi) is 2.72. The van der Waals surface area contributed by atoms with Crippen LogP contribution in [0.4, 0.5) is 4.39 Å². The van der Waals surface area contributed by atoms with Crippen LogP contribution in [0.2, 0.25) is 0 Å². The largest absolute Gasteiger partial charge is 0.472 e. The molecule has 0 spiro atoms. The van der Waals surface area contributed by atoms with E-state index in [1.54, 1.807) is 36.0 Å². The van der Waals surface area contributed by atoms with Gasteiger partial charge in [-0.3, -0.25) is 0 Å². The normalized spacial score (nSPS) is 10.8. The molecular weight excluding hydrogens is 249 g/mol. The van der Waals surface area contributed by atoms with Gasteiger partial charge in [-0.05, 0) is 37.3 Å². The smallest absolute Gasteiger partial charge is 0.127 e. The fraction of sp³-hybridized carbons (Fsp3) is 0.0714. The second-order valence-electron chi connectivity index (χ2n) is 3.94. The minimum atomic E-state index is -0.235. The lowest BCUT2D eigenvalue weighted by Crippen LogP contribution is -1.81. The van der Waals surface area contributed by atoms with Crippen molar-refractivity contribution in [1.82, 2.24) is 4.98 Å². The molecular formula is C14H10FNOS. The molecule has 3 aromatic rings. The van der Waals surface area contributed by atoms with E-state index in [-0.39, 0.29) is 5.82 Å². The molecule has 0 N–H and O–H groups in total. The number of halogens is 1. The lowest BCUT2D eigenvalue weighted by molar-refractivity contribution is 0.568. The van der Waals surface area contributed by atoms with Gasteiger partial charge in [0.05, 0.1) is 12.0 Å². The lowest BCUT2D eigenvalue weighted by atomic mass is 10.1. The van der Waals surface area contributed by atoms with Crippen molar-refractivity contribution in [3.8, 4) is 21.8 Å². The van der Waals surface area contributed by atoms with Crippen molar-refractivity contribution < 1.29 is 8.81 Å². The van der Waals surface area contributed by atoms with Gasteiger partial charge in [0.2, 0.25) is 0 Å². The predicted molar refractivity (Wildman–Crippen MR) is 69.9 cm³/mol. The minimum Gasteiger partial charge on any atom is -0.472 e. The van der Waals surface area contributed by atoms with Crippen molar-refractivity contribution in [2.75, 3.05) is 0 Å². The molecule has 0 bridgehead atoms. The summed E-state index contributed by atoms with van der Waals surface area (Å²) in [6.45, 7) is 2.01. The average Bonchev–Trinajstić information content (AvgIpc) is 2.99. The van der Waals surface area contributed by atoms with Gasteiger partial charge in [-0.2, -0.15) is 0 Å². The van der Waals surface area contributed by atoms with Gasteiger partial charge < -0.3 is 4.42 Å². The molecule has 0 amide bonds. The molecule has 0 aliphatic heterocycles. The third-order valence-electron chi connectivity index (χ3n) is 2.68. The van der Waals surface area contributed by atoms with Gasteiger partial charge in [-0.15, -0.1) is 11.3 Å². The fourth-order valence-corrected chi connectivity index (χ4v) is 2.70. The number of nitrogens with zero attached hydrogens (tertiary/aromatic N) is 1. The van der Waals surface area contributed by atoms with Gasteiger partial charge in [-0.1, -0.05) is 0 Å². The second kappa shape index (κ2) is 4.38. The molecule has 3 rings (SSSR count). The van der Waals surface area contributed by atoms with Gasteiger partial charge in [0, 0.05) is 16.0 Å². The molecule has 0 radical (unpaired) electrons. The van der Waals surface area contributed by atoms with Gasteiger partial charge in [-0.25, -0.2) is 9.37 Å². The zero-order valence-electron chi connectivity index (χ0n) is 9.68. The Labute approximate surface area is 108 Å². The van der Waals surface area contributed by atoms with Crippen LogP contribution >= 0.6 is 11.3 Å². The Morgan fingerprint density at radius 2 is 1.89 bits per heavy atom. The summed E-state index contributed by atoms with van der Waals surface area (Å²) in [6.07, 6.45) is 3.30. The maximum Gasteiger partial charge on any atom is 0.127 e. The topological polar surface area (TPSA) is 26.0 Å². The van der Waals surface area contributed by atoms with Crippen LogP contribution in [0.5, 0.6) is 0 Å². The van der Waals surface area contributed by atoms with Crippen LogP contribution in [0, 0.1) is 12.7 Å². The number of aryl methyl sites for hydroxylation is 1. The summed E-state index contributed by atoms with van der Waals surface area (Å²) in [6, 6.07) is 8.27. The zero-order valence-corrected chi connectivity index (χ0v) is 10.5. The molecule has 90 valence electrons. The van der Waals surface area contributed by atoms with Crippen LogP contribution < -0.4 is 0 Å². The number of rotatable bonds is 2. The molecule has 18 heavy (non-hydrogen) atoms. The number of furan rings is 1. The Balaban J connectivity index is 2.06. The highest BCUT2D eigenvalue weighted by molar-refractivity contribution is 7.15. The monoisotopic (exact) mass is 259 g/mol. The molecule has 0 fully saturated rings. The van der Waals surface area contributed by atoms with E-state index in [1.165, 1.54) is 12.1 Å². The number of aromatic nitrogens is 1. The van der Waals surface area contributed by atoms with Crippen molar-refractivity contribution >= 4 is 11.3 Å². The molecule has 0 atom stereocenters. The summed E-state index contributed by atoms with van der Waals surface area (Å²) in [7, 11) is 0. The summed E-state index contributed by atoms with van der Waals surface area (Å²) in [4.78, 5) is 5.70. The van der Waals surface area contributed by atoms with E-state index in [9.17, 15) is 4.39 Å². The zero-order chi connectivity index (χ0) is 12.5. The molecule has 2 nitrogen and oxygen atoms in total. The number of thiazole rings is 1. The molecule has 1 aromatic carbocycles. The molecule has 2 aromatic heterocycles. The quantitative estimate of drug-likeness (QED) is 0.676. The molecule has 0 saturated heterocycles. The molecule has 4 heteroatoms. The van der Waals surface area contributed by atoms with Gasteiger partial charge in [0.1, 0.15) is 17.1 Å². The first-order valence-electron chi connectivity index (χ1n) is 5.50. The minimum absolute atomic E-state index is 0.235. The molecule has 2 heterocycles. The SMILES string of the molecule is Cc1sc(-c2ccoc2)nc1-c1ccc(F)cc1. The van der Waals surface area contributed by atoms with E-state index < -0.39 is 0 Å². The number of hydrogen-bond donors (Lipinski definition) is 0. The van der Waals surface area contributed by atoms with Crippen LogP contribution in [0.25, 0.3) is 21.8 Å². The Bertz CT molecular complexity index is 656. The summed E-state index contributed by atoms with van der Waals surface area (Å²) >= 11 is 1.61. The van der Waals surface area contributed by atoms with E-state index in [1.807, 2.05) is 13.0 Å². The summed E-state index contributed by atoms with van der Waals surface area (Å²) < 4.78 is 18.0. The van der Waals surface area contributed by atoms with E-state index >= 15 is 0 Å². The Hall–Kier alpha value is -1.94. The van der Waals surface area contributed by atoms with Crippen LogP contribution in [0.15, 0.2) is 47.3 Å². The third-order valence-corrected chi connectivity index (χ3v) is 3.70. The fourth-order valence-electron chi connectivity index (χ4n) is 1.78. The second-order valence-corrected chi connectivity index (χ2v) is 5.15. The highest BCUT2D eigenvalue weighted by Crippen LogP contribution is 2.33. The van der Waals surface area contributed by atoms with Crippen molar-refractivity contribution in [2.24, 2.45) is 0 Å². The highest BCUT2D eigenvalue weighted by atomic mass is 32.1. The van der Waals surface area contributed by atoms with Crippen LogP contribution in [-0.2, 0) is 0 Å². The molecule has 0 aliphatic rings. The first-order valence-corrected chi connectivity index (χ1v) is 6.31. The van der Waals surface area contributed by atoms with Gasteiger partial charge in [0.15, 0.2) is 0 Å². The van der Waals surface area contributed by atoms with E-state index in [0.717, 1.165) is 26.7 Å². The predicted octanol–water partition coefficient (Wildman–Crippen LogP) is 4.52. The third kappa shape index (κ3) is 1.95. The van der Waals surface area contributed by atoms with Crippen molar-refractivity contribution in [3.05, 3.63) is 53.6 Å². The number of benzene rings is 1. The standard InChI is InChI=1S/C14H10FNOS/c1-9-13(10-2-4-12(15)5-3-10)16-14(18-9)11-6-7-17-8-11/h2-8H,1H3. The average molecular weight is 259 g/mol. The van der Waals surface area contributed by atoms with Gasteiger partial charge >= 0.3 is 0 Å². The van der Waals surface area contributed by atoms with E-state index in [2.05, 4.69) is 4.98 Å². The molecule has 0 saturated carbocycles. The first-order chi connectivity index (χ1) is 8.74. The summed E-state index contributed by atoms with van der Waals surface area (Å²) in [5.41, 5.74) is 2.80. The molecule has 0 unspecified atom stereocenters. The Morgan fingerprint density at radius 1 is 1.11 bits per heavy atom. The summed E-state index contributed by atoms with van der Waals surface area (Å²) in [5.74, 6) is -0.235. The van der Waals surface area contributed by atoms with Crippen molar-refractivity contribution in [3.63, 3.8) is 0 Å². The summed E-state index contributed by atoms with van der Waals surface area (Å²) in [5, 5.41) is 0.917. The van der Waals surface area contributed by atoms with Crippen molar-refractivity contribution in [1.29, 1.82) is 0 Å². The van der Waals surface area contributed by atoms with Crippen molar-refractivity contribution in [2.45, 2.75) is 6.92 Å². The van der Waals surface area contributed by atoms with Gasteiger partial charge in [0.25, 0.3) is 0 Å². The highest BCUT2D eigenvalue weighted by Gasteiger charge is 2.11. The van der Waals surface area contributed by atoms with Crippen LogP contribution in [0.1, 0.15) is 4.88 Å². The lowest BCUT2D eigenvalue weighted by Gasteiger charge is -1.97. The van der Waals surface area contributed by atoms with Crippen LogP contribution in [-0.4, -0.2) is 4.98 Å². The number of hydrogen-bond acceptors (Lipinski definition) is 3. The maximum absolute atomic E-state index is 12.9. The Morgan fingerprint density at radius 3 is 2.56 bits per heavy atom. The van der Waals surface area contributed by atoms with E-state index in [4.69, 9.17) is 4.42 Å². The van der Waals surface area contributed by atoms with E-state index in [0.29, 0.717) is 0 Å². The first kappa shape index (κ1) is 11.2. The van der Waals surface area contributed by atoms with Crippen LogP contribution in [0.3, 0.4) is 0 Å².